The van der Waals surface area contributed by atoms with Gasteiger partial charge in [-0.15, -0.1) is 0 Å². The Balaban J connectivity index is 0.954. The molecule has 7 nitrogen and oxygen atoms in total. The van der Waals surface area contributed by atoms with E-state index in [1.807, 2.05) is 18.2 Å². The average Bonchev–Trinajstić information content (AvgIpc) is 3.24. The number of rotatable bonds is 7. The first-order valence-corrected chi connectivity index (χ1v) is 12.4. The van der Waals surface area contributed by atoms with Gasteiger partial charge in [0.05, 0.1) is 5.69 Å². The highest BCUT2D eigenvalue weighted by atomic mass is 19.1. The molecule has 3 heterocycles. The zero-order valence-corrected chi connectivity index (χ0v) is 19.9. The van der Waals surface area contributed by atoms with Gasteiger partial charge in [0.15, 0.2) is 17.1 Å². The molecule has 1 saturated heterocycles. The Labute approximate surface area is 208 Å². The molecule has 3 aliphatic rings. The van der Waals surface area contributed by atoms with Crippen LogP contribution in [0, 0.1) is 17.7 Å². The monoisotopic (exact) mass is 489 g/mol. The summed E-state index contributed by atoms with van der Waals surface area (Å²) in [6, 6.07) is 10.2. The summed E-state index contributed by atoms with van der Waals surface area (Å²) < 4.78 is 29.5. The number of hydrogen-bond donors (Lipinski definition) is 1. The van der Waals surface area contributed by atoms with Crippen LogP contribution in [0.5, 0.6) is 11.5 Å². The molecule has 2 atom stereocenters. The van der Waals surface area contributed by atoms with Crippen LogP contribution in [0.25, 0.3) is 17.0 Å². The molecule has 0 unspecified atom stereocenters. The molecule has 6 rings (SSSR count). The number of piperidine rings is 1. The molecule has 2 aliphatic heterocycles. The number of likely N-dealkylation sites (tertiary alicyclic amines) is 1. The Bertz CT molecular complexity index is 1340. The van der Waals surface area contributed by atoms with E-state index in [0.717, 1.165) is 54.9 Å². The van der Waals surface area contributed by atoms with Gasteiger partial charge in [0.2, 0.25) is 12.7 Å². The molecule has 0 bridgehead atoms. The van der Waals surface area contributed by atoms with Crippen molar-refractivity contribution in [1.82, 2.24) is 15.4 Å². The largest absolute Gasteiger partial charge is 0.454 e. The molecule has 1 saturated carbocycles. The number of ether oxygens (including phenoxy) is 2. The zero-order valence-electron chi connectivity index (χ0n) is 19.9. The molecule has 2 aromatic carbocycles. The number of nitrogens with one attached hydrogen (secondary N) is 1. The fourth-order valence-corrected chi connectivity index (χ4v) is 5.31. The van der Waals surface area contributed by atoms with Crippen molar-refractivity contribution in [2.24, 2.45) is 11.8 Å². The number of hydrogen-bond acceptors (Lipinski definition) is 6. The van der Waals surface area contributed by atoms with Gasteiger partial charge < -0.3 is 24.2 Å². The van der Waals surface area contributed by atoms with Crippen molar-refractivity contribution >= 4 is 23.0 Å². The molecule has 36 heavy (non-hydrogen) atoms. The van der Waals surface area contributed by atoms with Crippen LogP contribution >= 0.6 is 0 Å². The summed E-state index contributed by atoms with van der Waals surface area (Å²) >= 11 is 0. The fraction of sp³-hybridized carbons (Fsp3) is 0.357. The highest BCUT2D eigenvalue weighted by Crippen LogP contribution is 2.45. The van der Waals surface area contributed by atoms with E-state index >= 15 is 0 Å². The Morgan fingerprint density at radius 2 is 1.97 bits per heavy atom. The molecule has 0 radical (unpaired) electrons. The van der Waals surface area contributed by atoms with E-state index in [-0.39, 0.29) is 18.5 Å². The topological polar surface area (TPSA) is 76.8 Å². The molecular weight excluding hydrogens is 461 g/mol. The van der Waals surface area contributed by atoms with Crippen LogP contribution in [-0.2, 0) is 4.79 Å². The van der Waals surface area contributed by atoms with Crippen molar-refractivity contribution in [2.75, 3.05) is 33.0 Å². The first-order valence-electron chi connectivity index (χ1n) is 12.4. The van der Waals surface area contributed by atoms with Crippen molar-refractivity contribution in [3.63, 3.8) is 0 Å². The van der Waals surface area contributed by atoms with E-state index in [1.54, 1.807) is 18.2 Å². The van der Waals surface area contributed by atoms with Gasteiger partial charge in [0.25, 0.3) is 0 Å². The molecule has 1 amide bonds. The minimum absolute atomic E-state index is 0.119. The first-order chi connectivity index (χ1) is 17.5. The van der Waals surface area contributed by atoms with Gasteiger partial charge in [0, 0.05) is 48.4 Å². The van der Waals surface area contributed by atoms with Crippen molar-refractivity contribution in [1.29, 1.82) is 0 Å². The zero-order chi connectivity index (χ0) is 24.6. The maximum Gasteiger partial charge on any atom is 0.244 e. The summed E-state index contributed by atoms with van der Waals surface area (Å²) in [7, 11) is 0. The van der Waals surface area contributed by atoms with E-state index in [2.05, 4.69) is 22.0 Å². The number of carbonyl (C=O) groups is 1. The van der Waals surface area contributed by atoms with E-state index in [4.69, 9.17) is 14.0 Å². The van der Waals surface area contributed by atoms with Crippen LogP contribution in [0.3, 0.4) is 0 Å². The van der Waals surface area contributed by atoms with E-state index in [1.165, 1.54) is 17.7 Å². The van der Waals surface area contributed by atoms with Crippen LogP contribution < -0.4 is 14.8 Å². The molecular formula is C28H28FN3O4. The van der Waals surface area contributed by atoms with Gasteiger partial charge in [0.1, 0.15) is 5.82 Å². The van der Waals surface area contributed by atoms with Gasteiger partial charge in [-0.1, -0.05) is 23.4 Å². The molecule has 1 N–H and O–H groups in total. The Morgan fingerprint density at radius 3 is 2.83 bits per heavy atom. The summed E-state index contributed by atoms with van der Waals surface area (Å²) in [5.41, 5.74) is 3.55. The summed E-state index contributed by atoms with van der Waals surface area (Å²) in [4.78, 5) is 14.8. The average molecular weight is 490 g/mol. The lowest BCUT2D eigenvalue weighted by Gasteiger charge is -2.31. The summed E-state index contributed by atoms with van der Waals surface area (Å²) in [6.45, 7) is 7.96. The number of aromatic nitrogens is 1. The fourth-order valence-electron chi connectivity index (χ4n) is 5.31. The highest BCUT2D eigenvalue weighted by Gasteiger charge is 2.43. The third kappa shape index (κ3) is 4.60. The second-order valence-corrected chi connectivity index (χ2v) is 9.76. The second kappa shape index (κ2) is 9.43. The van der Waals surface area contributed by atoms with Gasteiger partial charge in [-0.05, 0) is 61.8 Å². The van der Waals surface area contributed by atoms with Gasteiger partial charge in [-0.3, -0.25) is 4.79 Å². The van der Waals surface area contributed by atoms with E-state index < -0.39 is 0 Å². The molecule has 186 valence electrons. The van der Waals surface area contributed by atoms with Crippen LogP contribution in [0.1, 0.15) is 30.0 Å². The van der Waals surface area contributed by atoms with Crippen LogP contribution in [0.4, 0.5) is 4.39 Å². The third-order valence-electron chi connectivity index (χ3n) is 7.54. The number of amides is 1. The summed E-state index contributed by atoms with van der Waals surface area (Å²) in [6.07, 6.45) is 5.30. The Morgan fingerprint density at radius 1 is 1.14 bits per heavy atom. The van der Waals surface area contributed by atoms with Crippen LogP contribution in [0.2, 0.25) is 0 Å². The highest BCUT2D eigenvalue weighted by molar-refractivity contribution is 5.91. The molecule has 1 aliphatic carbocycles. The smallest absolute Gasteiger partial charge is 0.244 e. The summed E-state index contributed by atoms with van der Waals surface area (Å²) in [5.74, 6) is 2.05. The number of halogens is 1. The van der Waals surface area contributed by atoms with Crippen molar-refractivity contribution in [3.05, 3.63) is 71.7 Å². The number of fused-ring (bicyclic) bond motifs is 2. The molecule has 1 aromatic heterocycles. The van der Waals surface area contributed by atoms with Gasteiger partial charge in [-0.2, -0.15) is 0 Å². The Hall–Kier alpha value is -3.65. The molecule has 3 aromatic rings. The summed E-state index contributed by atoms with van der Waals surface area (Å²) in [5, 5.41) is 8.16. The van der Waals surface area contributed by atoms with E-state index in [0.29, 0.717) is 35.6 Å². The maximum absolute atomic E-state index is 13.4. The predicted octanol–water partition coefficient (Wildman–Crippen LogP) is 4.51. The normalized spacial score (nSPS) is 22.0. The van der Waals surface area contributed by atoms with E-state index in [9.17, 15) is 9.18 Å². The standard InChI is InChI=1S/C28H28FN3O4/c1-17-22(14-30-27(33)7-3-18-2-6-24-26(12-18)35-16-34-24)23(17)15-32-10-8-19(9-11-32)28-21-5-4-20(29)13-25(21)36-31-28/h2-7,12-13,19,22-23H,1,8-11,14-16H2,(H,30,33)/t22-,23-/m0/s1. The molecule has 0 spiro atoms. The second-order valence-electron chi connectivity index (χ2n) is 9.76. The minimum atomic E-state index is -0.309. The van der Waals surface area contributed by atoms with Crippen molar-refractivity contribution in [2.45, 2.75) is 18.8 Å². The number of benzene rings is 2. The Kier molecular flexibility index (Phi) is 5.97. The number of carbonyl (C=O) groups excluding carboxylic acids is 1. The molecule has 2 fully saturated rings. The molecule has 8 heteroatoms. The van der Waals surface area contributed by atoms with Crippen molar-refractivity contribution < 1.29 is 23.2 Å². The SMILES string of the molecule is C=C1[C@H](CNC(=O)C=Cc2ccc3c(c2)OCO3)[C@H]1CN1CCC(c2noc3cc(F)ccc23)CC1. The maximum atomic E-state index is 13.4. The van der Waals surface area contributed by atoms with Crippen LogP contribution in [-0.4, -0.2) is 48.9 Å². The first kappa shape index (κ1) is 22.8. The third-order valence-corrected chi connectivity index (χ3v) is 7.54. The number of nitrogens with zero attached hydrogens (tertiary/aromatic N) is 2. The minimum Gasteiger partial charge on any atom is -0.454 e. The van der Waals surface area contributed by atoms with Gasteiger partial charge >= 0.3 is 0 Å². The van der Waals surface area contributed by atoms with Crippen molar-refractivity contribution in [3.8, 4) is 11.5 Å². The van der Waals surface area contributed by atoms with Crippen LogP contribution in [0.15, 0.2) is 59.1 Å². The lowest BCUT2D eigenvalue weighted by Crippen LogP contribution is -2.35. The predicted molar refractivity (Wildman–Crippen MR) is 133 cm³/mol. The van der Waals surface area contributed by atoms with Gasteiger partial charge in [-0.25, -0.2) is 4.39 Å². The quantitative estimate of drug-likeness (QED) is 0.389. The lowest BCUT2D eigenvalue weighted by atomic mass is 9.91. The lowest BCUT2D eigenvalue weighted by molar-refractivity contribution is -0.116.